The van der Waals surface area contributed by atoms with E-state index < -0.39 is 0 Å². The first-order valence-corrected chi connectivity index (χ1v) is 23.1. The lowest BCUT2D eigenvalue weighted by Crippen LogP contribution is -2.57. The van der Waals surface area contributed by atoms with Crippen LogP contribution in [0.5, 0.6) is 0 Å². The van der Waals surface area contributed by atoms with Crippen LogP contribution in [0.3, 0.4) is 0 Å². The van der Waals surface area contributed by atoms with Crippen molar-refractivity contribution in [1.29, 1.82) is 0 Å². The average Bonchev–Trinajstić information content (AvgIpc) is 3.85. The molecule has 31 heteroatoms. The standard InChI is InChI=1S/C48B30O/c49-17-12-15(32(64)41(73)40(72)29(12)61)33(65)48-16(17)10-8(23(55)44(76)46(78)47(10)79-48)2-5-3(18(50)34(66)36(68)20(5)52)1(4-6(2)21(53)37(69)35(67)19(4)51)7-9(24(56)39(71)38(70)22(7)54)11-25(57)27(59)13(28(60)26(11)58)14-30(62)42(74)45(77)43(75)31(14)63. The Hall–Kier alpha value is -4.49. The highest BCUT2D eigenvalue weighted by Gasteiger charge is 2.33. The fourth-order valence-electron chi connectivity index (χ4n) is 11.0. The highest BCUT2D eigenvalue weighted by atomic mass is 16.3. The fourth-order valence-corrected chi connectivity index (χ4v) is 11.0. The molecule has 10 aromatic rings. The number of hydrogen-bond acceptors (Lipinski definition) is 1. The number of hydrogen-bond donors (Lipinski definition) is 0. The predicted octanol–water partition coefficient (Wildman–Crippen LogP) is -22.5. The SMILES string of the molecule is [B]c1c([B])c([B])c(-c2c([B])c([B])c(-c3c([B])c([B])c([B])c([B])c3-c3c4c([B])c([B])c([B])c([B])c4c(-c4c([B])c([B])c([B])c5oc6c([B])c7c([B])c([B])c([B])c([B])c7c([B])c6c45)c4c([B])c([B])c([B])c([B])c34)c([B])c2[B])c([B])c1[B]. The van der Waals surface area contributed by atoms with Crippen LogP contribution in [0.15, 0.2) is 4.42 Å². The first kappa shape index (κ1) is 57.7. The average molecular weight is 917 g/mol. The van der Waals surface area contributed by atoms with Crippen molar-refractivity contribution in [2.45, 2.75) is 0 Å². The smallest absolute Gasteiger partial charge is 0.128 e. The van der Waals surface area contributed by atoms with Crippen LogP contribution in [0, 0.1) is 0 Å². The number of fused-ring (bicyclic) bond motifs is 6. The summed E-state index contributed by atoms with van der Waals surface area (Å²) < 4.78 is 6.54. The third-order valence-electron chi connectivity index (χ3n) is 15.3. The molecule has 10 rings (SSSR count). The third-order valence-corrected chi connectivity index (χ3v) is 15.3. The minimum Gasteiger partial charge on any atom is -0.457 e. The monoisotopic (exact) mass is 922 g/mol. The maximum absolute atomic E-state index is 7.22. The van der Waals surface area contributed by atoms with Crippen LogP contribution >= 0.6 is 0 Å². The molecular weight excluding hydrogens is 917 g/mol. The van der Waals surface area contributed by atoms with Crippen molar-refractivity contribution in [3.05, 3.63) is 0 Å². The Morgan fingerprint density at radius 1 is 0.114 bits per heavy atom. The summed E-state index contributed by atoms with van der Waals surface area (Å²) in [5, 5.41) is -0.0757. The van der Waals surface area contributed by atoms with Crippen molar-refractivity contribution in [2.24, 2.45) is 0 Å². The normalized spacial score (nSPS) is 11.8. The van der Waals surface area contributed by atoms with Gasteiger partial charge in [0.25, 0.3) is 0 Å². The molecule has 0 N–H and O–H groups in total. The third kappa shape index (κ3) is 7.52. The van der Waals surface area contributed by atoms with Crippen LogP contribution in [0.4, 0.5) is 0 Å². The zero-order valence-corrected chi connectivity index (χ0v) is 41.7. The maximum atomic E-state index is 7.22. The maximum Gasteiger partial charge on any atom is 0.128 e. The van der Waals surface area contributed by atoms with E-state index in [2.05, 4.69) is 0 Å². The van der Waals surface area contributed by atoms with Gasteiger partial charge in [-0.3, -0.25) is 0 Å². The molecule has 9 aromatic carbocycles. The summed E-state index contributed by atoms with van der Waals surface area (Å²) in [6.45, 7) is 0. The van der Waals surface area contributed by atoms with Gasteiger partial charge in [0, 0.05) is 10.8 Å². The number of benzene rings is 9. The van der Waals surface area contributed by atoms with Gasteiger partial charge in [-0.05, 0) is 82.3 Å². The van der Waals surface area contributed by atoms with Crippen molar-refractivity contribution < 1.29 is 4.42 Å². The lowest BCUT2D eigenvalue weighted by atomic mass is 9.54. The molecule has 0 bridgehead atoms. The van der Waals surface area contributed by atoms with E-state index in [0.29, 0.717) is 0 Å². The van der Waals surface area contributed by atoms with Crippen molar-refractivity contribution >= 4 is 454 Å². The van der Waals surface area contributed by atoms with Gasteiger partial charge in [0.2, 0.25) is 0 Å². The summed E-state index contributed by atoms with van der Waals surface area (Å²) in [5.74, 6) is 0. The van der Waals surface area contributed by atoms with Gasteiger partial charge >= 0.3 is 0 Å². The van der Waals surface area contributed by atoms with Crippen molar-refractivity contribution in [3.8, 4) is 44.5 Å². The Kier molecular flexibility index (Phi) is 14.3. The molecule has 0 atom stereocenters. The predicted molar refractivity (Wildman–Crippen MR) is 370 cm³/mol. The Morgan fingerprint density at radius 2 is 0.316 bits per heavy atom. The summed E-state index contributed by atoms with van der Waals surface area (Å²) in [5.41, 5.74) is -7.24. The fraction of sp³-hybridized carbons (Fsp3) is 0. The molecule has 1 aromatic heterocycles. The second-order valence-corrected chi connectivity index (χ2v) is 19.2. The first-order chi connectivity index (χ1) is 36.8. The van der Waals surface area contributed by atoms with Crippen LogP contribution in [0.1, 0.15) is 0 Å². The molecule has 0 spiro atoms. The minimum absolute atomic E-state index is 0.0365. The van der Waals surface area contributed by atoms with Gasteiger partial charge in [-0.1, -0.05) is 92.9 Å². The second-order valence-electron chi connectivity index (χ2n) is 19.2. The lowest BCUT2D eigenvalue weighted by molar-refractivity contribution is 0.675. The van der Waals surface area contributed by atoms with Crippen molar-refractivity contribution in [2.75, 3.05) is 0 Å². The molecule has 0 saturated carbocycles. The van der Waals surface area contributed by atoms with Gasteiger partial charge in [-0.25, -0.2) is 0 Å². The molecule has 0 aliphatic rings. The van der Waals surface area contributed by atoms with Crippen LogP contribution in [-0.4, -0.2) is 235 Å². The molecule has 288 valence electrons. The molecule has 79 heavy (non-hydrogen) atoms. The first-order valence-electron chi connectivity index (χ1n) is 23.1. The Labute approximate surface area is 498 Å². The summed E-state index contributed by atoms with van der Waals surface area (Å²) in [7, 11) is 204. The van der Waals surface area contributed by atoms with Gasteiger partial charge in [0.05, 0.1) is 0 Å². The summed E-state index contributed by atoms with van der Waals surface area (Å²) >= 11 is 0. The van der Waals surface area contributed by atoms with E-state index in [4.69, 9.17) is 240 Å². The zero-order chi connectivity index (χ0) is 58.4. The molecule has 60 radical (unpaired) electrons. The summed E-state index contributed by atoms with van der Waals surface area (Å²) in [4.78, 5) is 0. The van der Waals surface area contributed by atoms with E-state index in [1.165, 1.54) is 0 Å². The van der Waals surface area contributed by atoms with Crippen molar-refractivity contribution in [1.82, 2.24) is 0 Å². The molecule has 0 aliphatic carbocycles. The lowest BCUT2D eigenvalue weighted by Gasteiger charge is -2.34. The van der Waals surface area contributed by atoms with E-state index >= 15 is 0 Å². The van der Waals surface area contributed by atoms with Gasteiger partial charge < -0.3 is 4.42 Å². The molecule has 0 unspecified atom stereocenters. The second kappa shape index (κ2) is 19.6. The summed E-state index contributed by atoms with van der Waals surface area (Å²) in [6, 6.07) is 0. The zero-order valence-electron chi connectivity index (χ0n) is 41.7. The van der Waals surface area contributed by atoms with E-state index in [1.807, 2.05) is 0 Å². The summed E-state index contributed by atoms with van der Waals surface area (Å²) in [6.07, 6.45) is 0. The van der Waals surface area contributed by atoms with Gasteiger partial charge in [-0.2, -0.15) is 0 Å². The van der Waals surface area contributed by atoms with Crippen LogP contribution in [0.2, 0.25) is 0 Å². The van der Waals surface area contributed by atoms with Crippen LogP contribution < -0.4 is 164 Å². The van der Waals surface area contributed by atoms with E-state index in [-0.39, 0.29) is 263 Å². The highest BCUT2D eigenvalue weighted by molar-refractivity contribution is 6.77. The van der Waals surface area contributed by atoms with Crippen LogP contribution in [0.25, 0.3) is 98.8 Å². The minimum atomic E-state index is -0.308. The van der Waals surface area contributed by atoms with Gasteiger partial charge in [-0.15, -0.1) is 65.6 Å². The van der Waals surface area contributed by atoms with E-state index in [1.54, 1.807) is 0 Å². The molecule has 1 nitrogen and oxygen atoms in total. The quantitative estimate of drug-likeness (QED) is 0.127. The molecule has 0 saturated heterocycles. The van der Waals surface area contributed by atoms with E-state index in [0.717, 1.165) is 0 Å². The van der Waals surface area contributed by atoms with E-state index in [9.17, 15) is 0 Å². The Morgan fingerprint density at radius 3 is 0.671 bits per heavy atom. The number of furan rings is 1. The van der Waals surface area contributed by atoms with Crippen molar-refractivity contribution in [3.63, 3.8) is 0 Å². The number of rotatable bonds is 4. The van der Waals surface area contributed by atoms with Gasteiger partial charge in [0.15, 0.2) is 0 Å². The molecule has 0 aliphatic heterocycles. The Bertz CT molecular complexity index is 4460. The Balaban J connectivity index is 1.52. The topological polar surface area (TPSA) is 13.1 Å². The van der Waals surface area contributed by atoms with Gasteiger partial charge in [0.1, 0.15) is 247 Å². The highest BCUT2D eigenvalue weighted by Crippen LogP contribution is 2.44. The molecule has 1 heterocycles. The molecule has 0 amide bonds. The molecular formula is C48B30O. The largest absolute Gasteiger partial charge is 0.457 e. The van der Waals surface area contributed by atoms with Crippen LogP contribution in [-0.2, 0) is 0 Å². The molecule has 0 fully saturated rings.